The summed E-state index contributed by atoms with van der Waals surface area (Å²) in [6.07, 6.45) is 2.60. The summed E-state index contributed by atoms with van der Waals surface area (Å²) in [4.78, 5) is 15.9. The van der Waals surface area contributed by atoms with Crippen molar-refractivity contribution in [1.82, 2.24) is 9.71 Å². The number of pyridine rings is 1. The Bertz CT molecular complexity index is 1470. The van der Waals surface area contributed by atoms with Crippen LogP contribution in [0.2, 0.25) is 0 Å². The number of methoxy groups -OCH3 is 1. The van der Waals surface area contributed by atoms with E-state index in [4.69, 9.17) is 9.15 Å². The second kappa shape index (κ2) is 11.5. The van der Waals surface area contributed by atoms with Gasteiger partial charge in [0.2, 0.25) is 0 Å². The van der Waals surface area contributed by atoms with Gasteiger partial charge >= 0.3 is 5.97 Å². The van der Waals surface area contributed by atoms with E-state index in [1.165, 1.54) is 61.8 Å². The number of halogens is 3. The van der Waals surface area contributed by atoms with Crippen LogP contribution < -0.4 is 9.46 Å². The highest BCUT2D eigenvalue weighted by atomic mass is 32.2. The maximum absolute atomic E-state index is 15.6. The van der Waals surface area contributed by atoms with E-state index in [0.717, 1.165) is 6.07 Å². The number of furan rings is 1. The zero-order valence-electron chi connectivity index (χ0n) is 21.4. The molecule has 0 saturated heterocycles. The van der Waals surface area contributed by atoms with Crippen molar-refractivity contribution in [3.63, 3.8) is 0 Å². The number of nitrogens with one attached hydrogen (secondary N) is 1. The molecular weight excluding hydrogens is 517 g/mol. The number of hydrogen-bond donors (Lipinski definition) is 1. The third kappa shape index (κ3) is 6.31. The third-order valence-electron chi connectivity index (χ3n) is 5.58. The fourth-order valence-corrected chi connectivity index (χ4v) is 4.46. The molecule has 2 aromatic carbocycles. The van der Waals surface area contributed by atoms with Gasteiger partial charge in [0, 0.05) is 33.2 Å². The zero-order valence-corrected chi connectivity index (χ0v) is 22.2. The van der Waals surface area contributed by atoms with Crippen molar-refractivity contribution in [3.8, 4) is 16.9 Å². The first-order valence-corrected chi connectivity index (χ1v) is 12.6. The van der Waals surface area contributed by atoms with Crippen molar-refractivity contribution in [2.75, 3.05) is 7.11 Å². The van der Waals surface area contributed by atoms with Crippen LogP contribution in [0.3, 0.4) is 0 Å². The van der Waals surface area contributed by atoms with Gasteiger partial charge < -0.3 is 13.9 Å². The lowest BCUT2D eigenvalue weighted by Crippen LogP contribution is -2.18. The van der Waals surface area contributed by atoms with Crippen LogP contribution in [0, 0.1) is 17.5 Å². The number of rotatable bonds is 9. The van der Waals surface area contributed by atoms with Crippen molar-refractivity contribution in [2.24, 2.45) is 0 Å². The number of ether oxygens (including phenoxy) is 2. The number of esters is 1. The Morgan fingerprint density at radius 3 is 2.58 bits per heavy atom. The van der Waals surface area contributed by atoms with Crippen LogP contribution >= 0.6 is 11.9 Å². The quantitative estimate of drug-likeness (QED) is 0.185. The molecule has 0 aliphatic rings. The molecule has 38 heavy (non-hydrogen) atoms. The minimum absolute atomic E-state index is 0.0679. The van der Waals surface area contributed by atoms with Gasteiger partial charge in [-0.05, 0) is 57.2 Å². The number of carbonyl (C=O) groups excluding carboxylic acids is 1. The average Bonchev–Trinajstić information content (AvgIpc) is 3.36. The molecule has 4 rings (SSSR count). The summed E-state index contributed by atoms with van der Waals surface area (Å²) in [7, 11) is 1.22. The van der Waals surface area contributed by atoms with E-state index >= 15 is 8.78 Å². The van der Waals surface area contributed by atoms with Gasteiger partial charge in [0.15, 0.2) is 5.82 Å². The minimum atomic E-state index is -0.591. The highest BCUT2D eigenvalue weighted by Crippen LogP contribution is 2.36. The van der Waals surface area contributed by atoms with Crippen molar-refractivity contribution >= 4 is 28.9 Å². The van der Waals surface area contributed by atoms with Crippen LogP contribution in [0.4, 0.5) is 13.2 Å². The standard InChI is InChI=1S/C28H27F3N2O4S/c1-28(2,3)38-33-14-22-26(31)19(7-9-32-22)21-12-17(25(30)20-8-10-36-27(20)21)15-37-23-6-5-18(29)11-16(23)13-24(34)35-4/h5-12,33H,13-15H2,1-4H3. The smallest absolute Gasteiger partial charge is 0.310 e. The Morgan fingerprint density at radius 1 is 1.05 bits per heavy atom. The van der Waals surface area contributed by atoms with E-state index < -0.39 is 23.4 Å². The first kappa shape index (κ1) is 27.5. The molecule has 200 valence electrons. The maximum Gasteiger partial charge on any atom is 0.310 e. The fourth-order valence-electron chi connectivity index (χ4n) is 3.82. The van der Waals surface area contributed by atoms with Crippen LogP contribution in [-0.2, 0) is 29.1 Å². The SMILES string of the molecule is COC(=O)Cc1cc(F)ccc1OCc1cc(-c2ccnc(CNSC(C)(C)C)c2F)c2occc2c1F. The van der Waals surface area contributed by atoms with Gasteiger partial charge in [-0.25, -0.2) is 13.2 Å². The van der Waals surface area contributed by atoms with Crippen LogP contribution in [0.15, 0.2) is 53.3 Å². The Morgan fingerprint density at radius 2 is 1.84 bits per heavy atom. The Kier molecular flexibility index (Phi) is 8.32. The van der Waals surface area contributed by atoms with Crippen molar-refractivity contribution in [2.45, 2.75) is 45.1 Å². The van der Waals surface area contributed by atoms with Gasteiger partial charge in [0.25, 0.3) is 0 Å². The summed E-state index contributed by atoms with van der Waals surface area (Å²) >= 11 is 1.46. The van der Waals surface area contributed by atoms with Crippen LogP contribution in [0.25, 0.3) is 22.1 Å². The molecule has 0 fully saturated rings. The molecule has 0 aliphatic heterocycles. The minimum Gasteiger partial charge on any atom is -0.488 e. The molecule has 2 aromatic heterocycles. The summed E-state index contributed by atoms with van der Waals surface area (Å²) in [6.45, 7) is 6.03. The normalized spacial score (nSPS) is 11.7. The van der Waals surface area contributed by atoms with Gasteiger partial charge in [-0.3, -0.25) is 14.5 Å². The van der Waals surface area contributed by atoms with Crippen molar-refractivity contribution in [1.29, 1.82) is 0 Å². The molecule has 0 bridgehead atoms. The molecule has 6 nitrogen and oxygen atoms in total. The highest BCUT2D eigenvalue weighted by molar-refractivity contribution is 7.98. The van der Waals surface area contributed by atoms with E-state index in [-0.39, 0.29) is 63.4 Å². The number of nitrogens with zero attached hydrogens (tertiary/aromatic N) is 1. The molecule has 0 radical (unpaired) electrons. The number of fused-ring (bicyclic) bond motifs is 1. The lowest BCUT2D eigenvalue weighted by Gasteiger charge is -2.18. The summed E-state index contributed by atoms with van der Waals surface area (Å²) in [5.41, 5.74) is 1.32. The van der Waals surface area contributed by atoms with E-state index in [2.05, 4.69) is 14.4 Å². The molecule has 0 saturated carbocycles. The summed E-state index contributed by atoms with van der Waals surface area (Å²) in [5.74, 6) is -2.07. The zero-order chi connectivity index (χ0) is 27.4. The van der Waals surface area contributed by atoms with E-state index in [1.54, 1.807) is 0 Å². The number of benzene rings is 2. The van der Waals surface area contributed by atoms with Crippen molar-refractivity contribution in [3.05, 3.63) is 83.1 Å². The Balaban J connectivity index is 1.67. The van der Waals surface area contributed by atoms with Crippen molar-refractivity contribution < 1.29 is 31.9 Å². The van der Waals surface area contributed by atoms with Crippen LogP contribution in [-0.4, -0.2) is 22.8 Å². The highest BCUT2D eigenvalue weighted by Gasteiger charge is 2.21. The second-order valence-electron chi connectivity index (χ2n) is 9.51. The summed E-state index contributed by atoms with van der Waals surface area (Å²) in [6, 6.07) is 8.12. The molecule has 10 heteroatoms. The van der Waals surface area contributed by atoms with E-state index in [0.29, 0.717) is 5.56 Å². The van der Waals surface area contributed by atoms with Gasteiger partial charge in [-0.2, -0.15) is 0 Å². The van der Waals surface area contributed by atoms with Crippen LogP contribution in [0.1, 0.15) is 37.6 Å². The molecule has 0 spiro atoms. The average molecular weight is 545 g/mol. The lowest BCUT2D eigenvalue weighted by molar-refractivity contribution is -0.139. The predicted octanol–water partition coefficient (Wildman–Crippen LogP) is 6.74. The molecule has 1 N–H and O–H groups in total. The maximum atomic E-state index is 15.6. The second-order valence-corrected chi connectivity index (χ2v) is 11.2. The van der Waals surface area contributed by atoms with Gasteiger partial charge in [-0.1, -0.05) is 11.9 Å². The first-order chi connectivity index (χ1) is 18.1. The molecule has 0 atom stereocenters. The van der Waals surface area contributed by atoms with Crippen LogP contribution in [0.5, 0.6) is 5.75 Å². The Hall–Kier alpha value is -3.50. The molecule has 0 unspecified atom stereocenters. The Labute approximate surface area is 222 Å². The van der Waals surface area contributed by atoms with Gasteiger partial charge in [0.1, 0.15) is 29.6 Å². The lowest BCUT2D eigenvalue weighted by atomic mass is 9.99. The molecule has 0 amide bonds. The molecular formula is C28H27F3N2O4S. The summed E-state index contributed by atoms with van der Waals surface area (Å²) in [5, 5.41) is 0.161. The number of carbonyl (C=O) groups is 1. The largest absolute Gasteiger partial charge is 0.488 e. The summed E-state index contributed by atoms with van der Waals surface area (Å²) < 4.78 is 63.8. The number of aromatic nitrogens is 1. The molecule has 4 aromatic rings. The van der Waals surface area contributed by atoms with Gasteiger partial charge in [0.05, 0.1) is 37.4 Å². The third-order valence-corrected chi connectivity index (χ3v) is 6.49. The van der Waals surface area contributed by atoms with E-state index in [1.807, 2.05) is 20.8 Å². The van der Waals surface area contributed by atoms with Gasteiger partial charge in [-0.15, -0.1) is 0 Å². The fraction of sp³-hybridized carbons (Fsp3) is 0.286. The number of hydrogen-bond acceptors (Lipinski definition) is 7. The molecule has 2 heterocycles. The van der Waals surface area contributed by atoms with E-state index in [9.17, 15) is 9.18 Å². The predicted molar refractivity (Wildman–Crippen MR) is 140 cm³/mol. The monoisotopic (exact) mass is 544 g/mol. The molecule has 0 aliphatic carbocycles. The topological polar surface area (TPSA) is 73.6 Å². The first-order valence-electron chi connectivity index (χ1n) is 11.8.